The van der Waals surface area contributed by atoms with E-state index in [9.17, 15) is 4.79 Å². The van der Waals surface area contributed by atoms with Crippen LogP contribution in [0.4, 0.5) is 5.69 Å². The zero-order valence-electron chi connectivity index (χ0n) is 17.2. The fraction of sp³-hybridized carbons (Fsp3) is 0.318. The molecule has 0 radical (unpaired) electrons. The third-order valence-electron chi connectivity index (χ3n) is 5.40. The Labute approximate surface area is 187 Å². The largest absolute Gasteiger partial charge is 0.366 e. The molecule has 0 spiro atoms. The first-order valence-electron chi connectivity index (χ1n) is 9.99. The zero-order chi connectivity index (χ0) is 20.9. The van der Waals surface area contributed by atoms with E-state index in [4.69, 9.17) is 5.26 Å². The number of ketones is 1. The van der Waals surface area contributed by atoms with Gasteiger partial charge in [0.1, 0.15) is 5.69 Å². The summed E-state index contributed by atoms with van der Waals surface area (Å²) < 4.78 is 0. The van der Waals surface area contributed by atoms with E-state index in [0.717, 1.165) is 25.3 Å². The van der Waals surface area contributed by atoms with Crippen molar-refractivity contribution in [2.75, 3.05) is 31.1 Å². The molecule has 1 saturated heterocycles. The first-order chi connectivity index (χ1) is 14.7. The number of piperazine rings is 1. The van der Waals surface area contributed by atoms with Gasteiger partial charge in [-0.3, -0.25) is 14.8 Å². The maximum Gasteiger partial charge on any atom is 0.178 e. The summed E-state index contributed by atoms with van der Waals surface area (Å²) in [6.45, 7) is 5.46. The second-order valence-corrected chi connectivity index (χ2v) is 7.41. The predicted octanol–water partition coefficient (Wildman–Crippen LogP) is 2.94. The van der Waals surface area contributed by atoms with Gasteiger partial charge in [0.15, 0.2) is 11.6 Å². The Kier molecular flexibility index (Phi) is 7.34. The van der Waals surface area contributed by atoms with Crippen molar-refractivity contribution in [3.63, 3.8) is 0 Å². The van der Waals surface area contributed by atoms with E-state index in [1.807, 2.05) is 24.3 Å². The summed E-state index contributed by atoms with van der Waals surface area (Å²) in [6, 6.07) is 12.0. The second kappa shape index (κ2) is 10.2. The lowest BCUT2D eigenvalue weighted by Crippen LogP contribution is -2.52. The predicted molar refractivity (Wildman–Crippen MR) is 120 cm³/mol. The normalized spacial score (nSPS) is 16.4. The zero-order valence-corrected chi connectivity index (χ0v) is 18.0. The molecule has 4 rings (SSSR count). The Morgan fingerprint density at radius 2 is 2.06 bits per heavy atom. The van der Waals surface area contributed by atoms with E-state index in [1.54, 1.807) is 24.7 Å². The minimum absolute atomic E-state index is 0. The van der Waals surface area contributed by atoms with E-state index < -0.39 is 0 Å². The SMILES string of the molecule is CC1CN(CCC(=O)c2cn[nH]c2-c2ncccn2)CCN1c1cccc(C#N)c1.Cl. The van der Waals surface area contributed by atoms with E-state index in [0.29, 0.717) is 41.7 Å². The summed E-state index contributed by atoms with van der Waals surface area (Å²) in [5.74, 6) is 0.503. The van der Waals surface area contributed by atoms with Crippen LogP contribution >= 0.6 is 12.4 Å². The summed E-state index contributed by atoms with van der Waals surface area (Å²) in [5.41, 5.74) is 2.84. The average molecular weight is 438 g/mol. The Morgan fingerprint density at radius 1 is 1.26 bits per heavy atom. The molecular weight excluding hydrogens is 414 g/mol. The number of nitriles is 1. The van der Waals surface area contributed by atoms with Crippen molar-refractivity contribution in [3.05, 3.63) is 60.0 Å². The fourth-order valence-corrected chi connectivity index (χ4v) is 3.86. The van der Waals surface area contributed by atoms with Crippen molar-refractivity contribution >= 4 is 23.9 Å². The summed E-state index contributed by atoms with van der Waals surface area (Å²) in [5, 5.41) is 16.0. The molecule has 1 N–H and O–H groups in total. The molecule has 0 saturated carbocycles. The smallest absolute Gasteiger partial charge is 0.178 e. The van der Waals surface area contributed by atoms with Crippen LogP contribution in [0.25, 0.3) is 11.5 Å². The van der Waals surface area contributed by atoms with Crippen LogP contribution in [-0.4, -0.2) is 63.1 Å². The number of aromatic nitrogens is 4. The van der Waals surface area contributed by atoms with E-state index in [1.165, 1.54) is 0 Å². The molecule has 31 heavy (non-hydrogen) atoms. The second-order valence-electron chi connectivity index (χ2n) is 7.41. The van der Waals surface area contributed by atoms with Gasteiger partial charge < -0.3 is 4.90 Å². The first-order valence-corrected chi connectivity index (χ1v) is 9.99. The Balaban J connectivity index is 0.00000272. The topological polar surface area (TPSA) is 102 Å². The van der Waals surface area contributed by atoms with Crippen LogP contribution in [0.3, 0.4) is 0 Å². The molecule has 9 heteroatoms. The van der Waals surface area contributed by atoms with Gasteiger partial charge in [0.05, 0.1) is 23.4 Å². The Bertz CT molecular complexity index is 1060. The number of carbonyl (C=O) groups excluding carboxylic acids is 1. The molecule has 0 bridgehead atoms. The number of rotatable bonds is 6. The number of hydrogen-bond acceptors (Lipinski definition) is 7. The number of nitrogens with zero attached hydrogens (tertiary/aromatic N) is 6. The number of halogens is 1. The van der Waals surface area contributed by atoms with Gasteiger partial charge in [-0.15, -0.1) is 12.4 Å². The number of hydrogen-bond donors (Lipinski definition) is 1. The van der Waals surface area contributed by atoms with Crippen LogP contribution in [0, 0.1) is 11.3 Å². The summed E-state index contributed by atoms with van der Waals surface area (Å²) in [6.07, 6.45) is 5.25. The molecular formula is C22H24ClN7O. The van der Waals surface area contributed by atoms with Gasteiger partial charge >= 0.3 is 0 Å². The number of benzene rings is 1. The van der Waals surface area contributed by atoms with Gasteiger partial charge in [-0.25, -0.2) is 9.97 Å². The summed E-state index contributed by atoms with van der Waals surface area (Å²) in [4.78, 5) is 25.8. The van der Waals surface area contributed by atoms with Gasteiger partial charge in [0.2, 0.25) is 0 Å². The van der Waals surface area contributed by atoms with Gasteiger partial charge in [-0.2, -0.15) is 10.4 Å². The highest BCUT2D eigenvalue weighted by atomic mass is 35.5. The molecule has 3 heterocycles. The molecule has 0 amide bonds. The molecule has 1 aliphatic rings. The van der Waals surface area contributed by atoms with E-state index in [-0.39, 0.29) is 18.2 Å². The molecule has 1 fully saturated rings. The third kappa shape index (κ3) is 5.08. The van der Waals surface area contributed by atoms with Gasteiger partial charge in [-0.1, -0.05) is 6.07 Å². The van der Waals surface area contributed by atoms with Crippen molar-refractivity contribution in [3.8, 4) is 17.6 Å². The minimum atomic E-state index is 0. The molecule has 3 aromatic rings. The van der Waals surface area contributed by atoms with Crippen LogP contribution in [0.2, 0.25) is 0 Å². The Hall–Kier alpha value is -3.28. The van der Waals surface area contributed by atoms with Crippen LogP contribution in [0.5, 0.6) is 0 Å². The first kappa shape index (κ1) is 22.4. The monoisotopic (exact) mass is 437 g/mol. The van der Waals surface area contributed by atoms with Gasteiger partial charge in [0, 0.05) is 56.7 Å². The van der Waals surface area contributed by atoms with Crippen LogP contribution in [0.15, 0.2) is 48.9 Å². The molecule has 1 aliphatic heterocycles. The molecule has 1 unspecified atom stereocenters. The molecule has 0 aliphatic carbocycles. The number of carbonyl (C=O) groups is 1. The number of nitrogens with one attached hydrogen (secondary N) is 1. The molecule has 8 nitrogen and oxygen atoms in total. The van der Waals surface area contributed by atoms with Crippen molar-refractivity contribution in [1.82, 2.24) is 25.1 Å². The highest BCUT2D eigenvalue weighted by Crippen LogP contribution is 2.22. The number of H-pyrrole nitrogens is 1. The van der Waals surface area contributed by atoms with Crippen molar-refractivity contribution in [2.24, 2.45) is 0 Å². The molecule has 1 atom stereocenters. The minimum Gasteiger partial charge on any atom is -0.366 e. The number of Topliss-reactive ketones (excluding diaryl/α,β-unsaturated/α-hetero) is 1. The fourth-order valence-electron chi connectivity index (χ4n) is 3.86. The standard InChI is InChI=1S/C22H23N7O.ClH/c1-16-15-28(10-11-29(16)18-5-2-4-17(12-18)13-23)9-6-20(30)19-14-26-27-21(19)22-24-7-3-8-25-22;/h2-5,7-8,12,14,16H,6,9-11,15H2,1H3,(H,26,27);1H. The molecule has 160 valence electrons. The van der Waals surface area contributed by atoms with Crippen molar-refractivity contribution in [1.29, 1.82) is 5.26 Å². The summed E-state index contributed by atoms with van der Waals surface area (Å²) >= 11 is 0. The summed E-state index contributed by atoms with van der Waals surface area (Å²) in [7, 11) is 0. The average Bonchev–Trinajstić information content (AvgIpc) is 3.28. The van der Waals surface area contributed by atoms with Crippen molar-refractivity contribution in [2.45, 2.75) is 19.4 Å². The number of aromatic amines is 1. The maximum absolute atomic E-state index is 12.8. The van der Waals surface area contributed by atoms with Crippen LogP contribution in [-0.2, 0) is 0 Å². The third-order valence-corrected chi connectivity index (χ3v) is 5.40. The van der Waals surface area contributed by atoms with Crippen LogP contribution < -0.4 is 4.90 Å². The molecule has 1 aromatic carbocycles. The number of anilines is 1. The highest BCUT2D eigenvalue weighted by Gasteiger charge is 2.25. The lowest BCUT2D eigenvalue weighted by molar-refractivity contribution is 0.0959. The molecule has 2 aromatic heterocycles. The highest BCUT2D eigenvalue weighted by molar-refractivity contribution is 6.00. The lowest BCUT2D eigenvalue weighted by Gasteiger charge is -2.41. The van der Waals surface area contributed by atoms with Crippen molar-refractivity contribution < 1.29 is 4.79 Å². The van der Waals surface area contributed by atoms with Gasteiger partial charge in [-0.05, 0) is 31.2 Å². The lowest BCUT2D eigenvalue weighted by atomic mass is 10.1. The van der Waals surface area contributed by atoms with Crippen LogP contribution in [0.1, 0.15) is 29.3 Å². The Morgan fingerprint density at radius 3 is 2.81 bits per heavy atom. The van der Waals surface area contributed by atoms with Gasteiger partial charge in [0.25, 0.3) is 0 Å². The maximum atomic E-state index is 12.8. The van der Waals surface area contributed by atoms with E-state index in [2.05, 4.69) is 43.0 Å². The van der Waals surface area contributed by atoms with E-state index >= 15 is 0 Å². The quantitative estimate of drug-likeness (QED) is 0.591.